The van der Waals surface area contributed by atoms with Crippen molar-refractivity contribution in [2.75, 3.05) is 0 Å². The minimum absolute atomic E-state index is 0.0815. The van der Waals surface area contributed by atoms with E-state index in [2.05, 4.69) is 4.40 Å². The highest BCUT2D eigenvalue weighted by Gasteiger charge is 2.29. The number of halogens is 3. The van der Waals surface area contributed by atoms with E-state index in [1.807, 2.05) is 0 Å². The largest absolute Gasteiger partial charge is 0.446 e. The van der Waals surface area contributed by atoms with Crippen LogP contribution in [0.5, 0.6) is 0 Å². The van der Waals surface area contributed by atoms with E-state index in [1.54, 1.807) is 26.8 Å². The number of alkyl halides is 3. The lowest BCUT2D eigenvalue weighted by Crippen LogP contribution is -2.19. The summed E-state index contributed by atoms with van der Waals surface area (Å²) in [6.45, 7) is 5.32. The van der Waals surface area contributed by atoms with Crippen LogP contribution < -0.4 is 0 Å². The van der Waals surface area contributed by atoms with Crippen LogP contribution in [0.3, 0.4) is 0 Å². The molecule has 0 amide bonds. The number of benzene rings is 1. The van der Waals surface area contributed by atoms with Gasteiger partial charge in [0.1, 0.15) is 11.0 Å². The summed E-state index contributed by atoms with van der Waals surface area (Å²) >= 11 is -0.183. The van der Waals surface area contributed by atoms with E-state index in [4.69, 9.17) is 0 Å². The maximum absolute atomic E-state index is 12.2. The molecule has 0 spiro atoms. The van der Waals surface area contributed by atoms with Gasteiger partial charge < -0.3 is 0 Å². The summed E-state index contributed by atoms with van der Waals surface area (Å²) in [6.07, 6.45) is 1.34. The van der Waals surface area contributed by atoms with Gasteiger partial charge in [0, 0.05) is 11.1 Å². The highest BCUT2D eigenvalue weighted by molar-refractivity contribution is 8.00. The Hall–Kier alpha value is -0.820. The van der Waals surface area contributed by atoms with Crippen LogP contribution in [0.25, 0.3) is 0 Å². The molecule has 0 fully saturated rings. The molecular weight excluding hydrogens is 295 g/mol. The molecule has 0 aliphatic heterocycles. The summed E-state index contributed by atoms with van der Waals surface area (Å²) in [5.74, 6) is 0. The third kappa shape index (κ3) is 6.24. The molecule has 1 atom stereocenters. The molecule has 0 N–H and O–H groups in total. The van der Waals surface area contributed by atoms with E-state index in [9.17, 15) is 17.4 Å². The fourth-order valence-electron chi connectivity index (χ4n) is 1.06. The fraction of sp³-hybridized carbons (Fsp3) is 0.417. The van der Waals surface area contributed by atoms with E-state index in [0.717, 1.165) is 0 Å². The van der Waals surface area contributed by atoms with Gasteiger partial charge in [0.05, 0.1) is 4.75 Å². The van der Waals surface area contributed by atoms with Crippen LogP contribution in [0.4, 0.5) is 13.2 Å². The normalized spacial score (nSPS) is 14.8. The Kier molecular flexibility index (Phi) is 5.20. The Morgan fingerprint density at radius 1 is 1.26 bits per heavy atom. The van der Waals surface area contributed by atoms with Crippen molar-refractivity contribution in [3.63, 3.8) is 0 Å². The van der Waals surface area contributed by atoms with Crippen LogP contribution in [0, 0.1) is 0 Å². The first-order valence-corrected chi connectivity index (χ1v) is 7.32. The number of hydrogen-bond acceptors (Lipinski definition) is 2. The van der Waals surface area contributed by atoms with Gasteiger partial charge in [0.2, 0.25) is 0 Å². The molecule has 0 radical (unpaired) electrons. The smallest absolute Gasteiger partial charge is 0.234 e. The van der Waals surface area contributed by atoms with Crippen molar-refractivity contribution in [2.24, 2.45) is 4.40 Å². The zero-order valence-corrected chi connectivity index (χ0v) is 12.3. The van der Waals surface area contributed by atoms with Gasteiger partial charge in [0.15, 0.2) is 0 Å². The maximum atomic E-state index is 12.2. The number of nitrogens with zero attached hydrogens (tertiary/aromatic N) is 1. The second kappa shape index (κ2) is 6.09. The van der Waals surface area contributed by atoms with Gasteiger partial charge in [-0.25, -0.2) is 4.21 Å². The predicted molar refractivity (Wildman–Crippen MR) is 73.8 cm³/mol. The molecule has 7 heteroatoms. The molecule has 0 heterocycles. The third-order valence-electron chi connectivity index (χ3n) is 1.91. The van der Waals surface area contributed by atoms with Crippen LogP contribution in [0.1, 0.15) is 26.3 Å². The average molecular weight is 309 g/mol. The first-order chi connectivity index (χ1) is 8.58. The van der Waals surface area contributed by atoms with Crippen LogP contribution >= 0.6 is 11.8 Å². The molecule has 0 aromatic heterocycles. The lowest BCUT2D eigenvalue weighted by Gasteiger charge is -2.12. The van der Waals surface area contributed by atoms with Crippen molar-refractivity contribution in [1.29, 1.82) is 0 Å². The summed E-state index contributed by atoms with van der Waals surface area (Å²) in [5, 5.41) is 0. The SMILES string of the molecule is CC(C)(C)S(=O)N=Cc1cccc(SC(F)(F)F)c1. The zero-order chi connectivity index (χ0) is 14.7. The molecular formula is C12H14F3NOS2. The molecule has 2 nitrogen and oxygen atoms in total. The minimum atomic E-state index is -4.32. The van der Waals surface area contributed by atoms with Gasteiger partial charge in [-0.3, -0.25) is 0 Å². The van der Waals surface area contributed by atoms with Gasteiger partial charge in [-0.1, -0.05) is 12.1 Å². The predicted octanol–water partition coefficient (Wildman–Crippen LogP) is 4.18. The molecule has 19 heavy (non-hydrogen) atoms. The molecule has 1 rings (SSSR count). The maximum Gasteiger partial charge on any atom is 0.446 e. The van der Waals surface area contributed by atoms with Crippen molar-refractivity contribution < 1.29 is 17.4 Å². The number of rotatable bonds is 3. The van der Waals surface area contributed by atoms with Gasteiger partial charge in [-0.05, 0) is 50.2 Å². The molecule has 0 saturated carbocycles. The molecule has 0 aliphatic carbocycles. The van der Waals surface area contributed by atoms with Crippen molar-refractivity contribution in [3.8, 4) is 0 Å². The summed E-state index contributed by atoms with van der Waals surface area (Å²) in [6, 6.07) is 5.86. The van der Waals surface area contributed by atoms with Crippen molar-refractivity contribution in [3.05, 3.63) is 29.8 Å². The van der Waals surface area contributed by atoms with Gasteiger partial charge in [-0.2, -0.15) is 17.6 Å². The zero-order valence-electron chi connectivity index (χ0n) is 10.7. The van der Waals surface area contributed by atoms with Crippen molar-refractivity contribution in [1.82, 2.24) is 0 Å². The second-order valence-electron chi connectivity index (χ2n) is 4.72. The average Bonchev–Trinajstić information content (AvgIpc) is 2.22. The Balaban J connectivity index is 2.84. The lowest BCUT2D eigenvalue weighted by atomic mass is 10.2. The molecule has 106 valence electrons. The molecule has 1 aromatic rings. The van der Waals surface area contributed by atoms with Gasteiger partial charge >= 0.3 is 5.51 Å². The highest BCUT2D eigenvalue weighted by atomic mass is 32.2. The summed E-state index contributed by atoms with van der Waals surface area (Å²) in [7, 11) is -1.42. The van der Waals surface area contributed by atoms with Crippen molar-refractivity contribution >= 4 is 29.0 Å². The summed E-state index contributed by atoms with van der Waals surface area (Å²) in [5.41, 5.74) is -3.82. The first kappa shape index (κ1) is 16.2. The summed E-state index contributed by atoms with van der Waals surface area (Å²) in [4.78, 5) is 0.0815. The molecule has 1 aromatic carbocycles. The Bertz CT molecular complexity index is 492. The van der Waals surface area contributed by atoms with Gasteiger partial charge in [0.25, 0.3) is 0 Å². The Morgan fingerprint density at radius 2 is 1.89 bits per heavy atom. The van der Waals surface area contributed by atoms with Crippen LogP contribution in [-0.4, -0.2) is 20.7 Å². The number of hydrogen-bond donors (Lipinski definition) is 0. The Labute approximate surface area is 117 Å². The van der Waals surface area contributed by atoms with Crippen LogP contribution in [0.15, 0.2) is 33.6 Å². The third-order valence-corrected chi connectivity index (χ3v) is 3.98. The van der Waals surface area contributed by atoms with E-state index in [-0.39, 0.29) is 16.7 Å². The quantitative estimate of drug-likeness (QED) is 0.619. The van der Waals surface area contributed by atoms with E-state index in [0.29, 0.717) is 5.56 Å². The first-order valence-electron chi connectivity index (χ1n) is 5.40. The topological polar surface area (TPSA) is 29.4 Å². The minimum Gasteiger partial charge on any atom is -0.234 e. The fourth-order valence-corrected chi connectivity index (χ4v) is 2.20. The standard InChI is InChI=1S/C12H14F3NOS2/c1-11(2,3)19(17)16-8-9-5-4-6-10(7-9)18-12(13,14)15/h4-8H,1-3H3. The Morgan fingerprint density at radius 3 is 2.42 bits per heavy atom. The molecule has 1 unspecified atom stereocenters. The monoisotopic (exact) mass is 309 g/mol. The van der Waals surface area contributed by atoms with Crippen molar-refractivity contribution in [2.45, 2.75) is 35.9 Å². The number of thioether (sulfide) groups is 1. The molecule has 0 saturated heterocycles. The lowest BCUT2D eigenvalue weighted by molar-refractivity contribution is -0.0328. The second-order valence-corrected chi connectivity index (χ2v) is 7.79. The molecule has 0 bridgehead atoms. The van der Waals surface area contributed by atoms with Gasteiger partial charge in [-0.15, -0.1) is 0 Å². The van der Waals surface area contributed by atoms with Crippen LogP contribution in [-0.2, 0) is 11.0 Å². The highest BCUT2D eigenvalue weighted by Crippen LogP contribution is 2.36. The van der Waals surface area contributed by atoms with E-state index < -0.39 is 21.2 Å². The summed E-state index contributed by atoms with van der Waals surface area (Å²) < 4.78 is 51.7. The molecule has 0 aliphatic rings. The van der Waals surface area contributed by atoms with E-state index in [1.165, 1.54) is 24.4 Å². The van der Waals surface area contributed by atoms with E-state index >= 15 is 0 Å². The van der Waals surface area contributed by atoms with Crippen LogP contribution in [0.2, 0.25) is 0 Å².